The van der Waals surface area contributed by atoms with Gasteiger partial charge in [-0.3, -0.25) is 0 Å². The first kappa shape index (κ1) is 15.1. The molecule has 18 heavy (non-hydrogen) atoms. The Hall–Kier alpha value is -0.910. The van der Waals surface area contributed by atoms with E-state index in [1.165, 1.54) is 4.31 Å². The zero-order valence-corrected chi connectivity index (χ0v) is 11.9. The van der Waals surface area contributed by atoms with E-state index < -0.39 is 10.0 Å². The van der Waals surface area contributed by atoms with Crippen molar-refractivity contribution in [1.82, 2.24) is 4.31 Å². The van der Waals surface area contributed by atoms with Gasteiger partial charge < -0.3 is 5.73 Å². The van der Waals surface area contributed by atoms with E-state index in [0.717, 1.165) is 17.5 Å². The summed E-state index contributed by atoms with van der Waals surface area (Å²) >= 11 is 0. The highest BCUT2D eigenvalue weighted by molar-refractivity contribution is 7.88. The molecule has 0 bridgehead atoms. The molecule has 0 amide bonds. The predicted octanol–water partition coefficient (Wildman–Crippen LogP) is 1.71. The van der Waals surface area contributed by atoms with Gasteiger partial charge >= 0.3 is 0 Å². The van der Waals surface area contributed by atoms with E-state index in [9.17, 15) is 8.42 Å². The molecule has 0 saturated carbocycles. The van der Waals surface area contributed by atoms with E-state index in [2.05, 4.69) is 0 Å². The van der Waals surface area contributed by atoms with Crippen molar-refractivity contribution in [2.45, 2.75) is 32.6 Å². The van der Waals surface area contributed by atoms with Crippen LogP contribution in [0.1, 0.15) is 31.4 Å². The van der Waals surface area contributed by atoms with Crippen molar-refractivity contribution in [2.24, 2.45) is 5.73 Å². The first-order chi connectivity index (χ1) is 8.53. The van der Waals surface area contributed by atoms with E-state index in [-0.39, 0.29) is 5.75 Å². The fraction of sp³-hybridized carbons (Fsp3) is 0.538. The van der Waals surface area contributed by atoms with E-state index in [4.69, 9.17) is 5.73 Å². The van der Waals surface area contributed by atoms with E-state index in [1.807, 2.05) is 38.1 Å². The van der Waals surface area contributed by atoms with Crippen LogP contribution in [0, 0.1) is 0 Å². The van der Waals surface area contributed by atoms with Crippen LogP contribution in [0.5, 0.6) is 0 Å². The molecule has 0 fully saturated rings. The molecule has 1 aromatic rings. The second-order valence-corrected chi connectivity index (χ2v) is 6.24. The van der Waals surface area contributed by atoms with Crippen LogP contribution in [0.2, 0.25) is 0 Å². The molecule has 0 aliphatic rings. The number of nitrogens with zero attached hydrogens (tertiary/aromatic N) is 1. The normalized spacial score (nSPS) is 12.0. The Bertz CT molecular complexity index is 472. The van der Waals surface area contributed by atoms with Gasteiger partial charge in [0.1, 0.15) is 0 Å². The van der Waals surface area contributed by atoms with Crippen LogP contribution >= 0.6 is 0 Å². The first-order valence-corrected chi connectivity index (χ1v) is 7.90. The van der Waals surface area contributed by atoms with Gasteiger partial charge in [0.25, 0.3) is 0 Å². The van der Waals surface area contributed by atoms with Crippen molar-refractivity contribution in [3.05, 3.63) is 35.4 Å². The van der Waals surface area contributed by atoms with Crippen molar-refractivity contribution in [3.63, 3.8) is 0 Å². The topological polar surface area (TPSA) is 63.4 Å². The van der Waals surface area contributed by atoms with E-state index in [0.29, 0.717) is 19.6 Å². The van der Waals surface area contributed by atoms with Gasteiger partial charge in [0.15, 0.2) is 0 Å². The fourth-order valence-corrected chi connectivity index (χ4v) is 3.53. The Kier molecular flexibility index (Phi) is 5.78. The molecule has 0 saturated heterocycles. The van der Waals surface area contributed by atoms with Gasteiger partial charge in [-0.25, -0.2) is 12.7 Å². The predicted molar refractivity (Wildman–Crippen MR) is 74.5 cm³/mol. The zero-order valence-electron chi connectivity index (χ0n) is 11.1. The molecule has 1 rings (SSSR count). The van der Waals surface area contributed by atoms with Gasteiger partial charge in [0.2, 0.25) is 10.0 Å². The average Bonchev–Trinajstić information content (AvgIpc) is 2.35. The van der Waals surface area contributed by atoms with Crippen LogP contribution < -0.4 is 5.73 Å². The molecule has 102 valence electrons. The molecule has 1 aromatic carbocycles. The maximum Gasteiger partial charge on any atom is 0.218 e. The fourth-order valence-electron chi connectivity index (χ4n) is 1.89. The van der Waals surface area contributed by atoms with Gasteiger partial charge in [-0.05, 0) is 17.5 Å². The van der Waals surface area contributed by atoms with Crippen molar-refractivity contribution in [1.29, 1.82) is 0 Å². The molecule has 0 atom stereocenters. The summed E-state index contributed by atoms with van der Waals surface area (Å²) in [6.07, 6.45) is 0.829. The number of hydrogen-bond acceptors (Lipinski definition) is 3. The highest BCUT2D eigenvalue weighted by Crippen LogP contribution is 2.13. The molecule has 0 radical (unpaired) electrons. The Morgan fingerprint density at radius 1 is 1.22 bits per heavy atom. The summed E-state index contributed by atoms with van der Waals surface area (Å²) in [5.41, 5.74) is 7.31. The minimum absolute atomic E-state index is 0.0503. The lowest BCUT2D eigenvalue weighted by Gasteiger charge is -2.19. The average molecular weight is 270 g/mol. The third-order valence-corrected chi connectivity index (χ3v) is 4.72. The molecule has 2 N–H and O–H groups in total. The molecule has 0 aliphatic carbocycles. The maximum absolute atomic E-state index is 12.2. The van der Waals surface area contributed by atoms with Crippen LogP contribution in [0.3, 0.4) is 0 Å². The van der Waals surface area contributed by atoms with Crippen molar-refractivity contribution < 1.29 is 8.42 Å². The first-order valence-electron chi connectivity index (χ1n) is 6.29. The summed E-state index contributed by atoms with van der Waals surface area (Å²) in [6.45, 7) is 5.37. The highest BCUT2D eigenvalue weighted by Gasteiger charge is 2.19. The molecule has 4 nitrogen and oxygen atoms in total. The summed E-state index contributed by atoms with van der Waals surface area (Å²) in [5.74, 6) is 0.0503. The van der Waals surface area contributed by atoms with E-state index >= 15 is 0 Å². The molecule has 0 aromatic heterocycles. The molecule has 5 heteroatoms. The molecule has 0 spiro atoms. The monoisotopic (exact) mass is 270 g/mol. The lowest BCUT2D eigenvalue weighted by molar-refractivity contribution is 0.426. The van der Waals surface area contributed by atoms with Crippen LogP contribution in [0.25, 0.3) is 0 Å². The van der Waals surface area contributed by atoms with Crippen LogP contribution in [0.15, 0.2) is 24.3 Å². The Balaban J connectivity index is 2.87. The lowest BCUT2D eigenvalue weighted by atomic mass is 10.1. The van der Waals surface area contributed by atoms with Crippen LogP contribution in [-0.2, 0) is 22.3 Å². The maximum atomic E-state index is 12.2. The van der Waals surface area contributed by atoms with Crippen molar-refractivity contribution in [3.8, 4) is 0 Å². The highest BCUT2D eigenvalue weighted by atomic mass is 32.2. The van der Waals surface area contributed by atoms with Crippen molar-refractivity contribution in [2.75, 3.05) is 13.1 Å². The summed E-state index contributed by atoms with van der Waals surface area (Å²) in [7, 11) is -3.22. The number of hydrogen-bond donors (Lipinski definition) is 1. The third-order valence-electron chi connectivity index (χ3n) is 2.80. The van der Waals surface area contributed by atoms with Gasteiger partial charge in [0.05, 0.1) is 5.75 Å². The van der Waals surface area contributed by atoms with Crippen LogP contribution in [0.4, 0.5) is 0 Å². The molecule has 0 unspecified atom stereocenters. The molecular formula is C13H22N2O2S. The number of nitrogens with two attached hydrogens (primary N) is 1. The minimum Gasteiger partial charge on any atom is -0.326 e. The second kappa shape index (κ2) is 6.87. The Morgan fingerprint density at radius 3 is 2.44 bits per heavy atom. The van der Waals surface area contributed by atoms with Gasteiger partial charge in [0, 0.05) is 19.6 Å². The molecule has 0 heterocycles. The summed E-state index contributed by atoms with van der Waals surface area (Å²) in [6, 6.07) is 7.44. The third kappa shape index (κ3) is 4.08. The number of rotatable bonds is 7. The van der Waals surface area contributed by atoms with Crippen molar-refractivity contribution >= 4 is 10.0 Å². The van der Waals surface area contributed by atoms with Gasteiger partial charge in [-0.15, -0.1) is 0 Å². The minimum atomic E-state index is -3.22. The number of benzene rings is 1. The van der Waals surface area contributed by atoms with Crippen LogP contribution in [-0.4, -0.2) is 25.8 Å². The Labute approximate surface area is 110 Å². The summed E-state index contributed by atoms with van der Waals surface area (Å²) in [4.78, 5) is 0. The second-order valence-electron chi connectivity index (χ2n) is 4.27. The quantitative estimate of drug-likeness (QED) is 0.820. The standard InChI is InChI=1S/C13H22N2O2S/c1-3-8-15(4-2)18(16,17)11-13-7-5-6-12(9-13)10-14/h5-7,9H,3-4,8,10-11,14H2,1-2H3. The van der Waals surface area contributed by atoms with Gasteiger partial charge in [-0.2, -0.15) is 0 Å². The van der Waals surface area contributed by atoms with E-state index in [1.54, 1.807) is 0 Å². The molecular weight excluding hydrogens is 248 g/mol. The zero-order chi connectivity index (χ0) is 13.6. The Morgan fingerprint density at radius 2 is 1.89 bits per heavy atom. The molecule has 0 aliphatic heterocycles. The summed E-state index contributed by atoms with van der Waals surface area (Å²) in [5, 5.41) is 0. The lowest BCUT2D eigenvalue weighted by Crippen LogP contribution is -2.32. The largest absolute Gasteiger partial charge is 0.326 e. The van der Waals surface area contributed by atoms with Gasteiger partial charge in [-0.1, -0.05) is 38.1 Å². The summed E-state index contributed by atoms with van der Waals surface area (Å²) < 4.78 is 26.0. The SMILES string of the molecule is CCCN(CC)S(=O)(=O)Cc1cccc(CN)c1. The number of sulfonamides is 1. The smallest absolute Gasteiger partial charge is 0.218 e.